The summed E-state index contributed by atoms with van der Waals surface area (Å²) in [4.78, 5) is 7.74. The average molecular weight is 197 g/mol. The first-order chi connectivity index (χ1) is 6.69. The van der Waals surface area contributed by atoms with Crippen LogP contribution < -0.4 is 5.32 Å². The molecule has 1 aromatic heterocycles. The number of aromatic nitrogens is 2. The number of anilines is 1. The van der Waals surface area contributed by atoms with Crippen LogP contribution in [0, 0.1) is 5.82 Å². The summed E-state index contributed by atoms with van der Waals surface area (Å²) in [6.45, 7) is 5.91. The van der Waals surface area contributed by atoms with Crippen molar-refractivity contribution in [2.24, 2.45) is 0 Å². The lowest BCUT2D eigenvalue weighted by molar-refractivity contribution is 0.592. The van der Waals surface area contributed by atoms with Gasteiger partial charge in [-0.1, -0.05) is 13.8 Å². The monoisotopic (exact) mass is 197 g/mol. The van der Waals surface area contributed by atoms with E-state index < -0.39 is 0 Å². The van der Waals surface area contributed by atoms with E-state index in [0.29, 0.717) is 17.9 Å². The van der Waals surface area contributed by atoms with Gasteiger partial charge in [0.2, 0.25) is 0 Å². The summed E-state index contributed by atoms with van der Waals surface area (Å²) in [5.41, 5.74) is 0.464. The quantitative estimate of drug-likeness (QED) is 0.805. The van der Waals surface area contributed by atoms with Crippen LogP contribution in [-0.2, 0) is 6.42 Å². The Morgan fingerprint density at radius 1 is 1.43 bits per heavy atom. The molecule has 0 saturated heterocycles. The van der Waals surface area contributed by atoms with Crippen LogP contribution in [0.1, 0.15) is 32.9 Å². The van der Waals surface area contributed by atoms with Crippen LogP contribution >= 0.6 is 0 Å². The van der Waals surface area contributed by atoms with Gasteiger partial charge in [0, 0.05) is 6.04 Å². The normalized spacial score (nSPS) is 12.6. The number of nitrogens with one attached hydrogen (secondary N) is 1. The Labute approximate surface area is 83.8 Å². The van der Waals surface area contributed by atoms with Gasteiger partial charge in [-0.3, -0.25) is 0 Å². The molecule has 1 rings (SSSR count). The molecule has 0 spiro atoms. The summed E-state index contributed by atoms with van der Waals surface area (Å²) in [6, 6.07) is 0.226. The van der Waals surface area contributed by atoms with Gasteiger partial charge in [-0.2, -0.15) is 0 Å². The van der Waals surface area contributed by atoms with E-state index in [2.05, 4.69) is 15.3 Å². The summed E-state index contributed by atoms with van der Waals surface area (Å²) in [6.07, 6.45) is 2.92. The third kappa shape index (κ3) is 2.40. The average Bonchev–Trinajstić information content (AvgIpc) is 2.21. The van der Waals surface area contributed by atoms with Crippen molar-refractivity contribution in [3.05, 3.63) is 17.8 Å². The SMILES string of the molecule is CCc1ncnc(NC(C)CC)c1F. The highest BCUT2D eigenvalue weighted by Crippen LogP contribution is 2.14. The largest absolute Gasteiger partial charge is 0.365 e. The number of hydrogen-bond acceptors (Lipinski definition) is 3. The fourth-order valence-corrected chi connectivity index (χ4v) is 1.09. The van der Waals surface area contributed by atoms with Crippen molar-refractivity contribution in [3.8, 4) is 0 Å². The molecule has 4 heteroatoms. The van der Waals surface area contributed by atoms with Crippen LogP contribution in [0.3, 0.4) is 0 Å². The first kappa shape index (κ1) is 10.9. The van der Waals surface area contributed by atoms with Gasteiger partial charge >= 0.3 is 0 Å². The van der Waals surface area contributed by atoms with Crippen molar-refractivity contribution < 1.29 is 4.39 Å². The molecule has 3 nitrogen and oxygen atoms in total. The van der Waals surface area contributed by atoms with Gasteiger partial charge in [-0.15, -0.1) is 0 Å². The van der Waals surface area contributed by atoms with Crippen LogP contribution in [-0.4, -0.2) is 16.0 Å². The van der Waals surface area contributed by atoms with Gasteiger partial charge in [-0.05, 0) is 19.8 Å². The second-order valence-corrected chi connectivity index (χ2v) is 3.29. The summed E-state index contributed by atoms with van der Waals surface area (Å²) < 4.78 is 13.6. The molecule has 0 aliphatic rings. The van der Waals surface area contributed by atoms with Gasteiger partial charge in [0.15, 0.2) is 11.6 Å². The van der Waals surface area contributed by atoms with E-state index in [1.54, 1.807) is 0 Å². The van der Waals surface area contributed by atoms with Gasteiger partial charge < -0.3 is 5.32 Å². The Morgan fingerprint density at radius 3 is 2.71 bits per heavy atom. The number of nitrogens with zero attached hydrogens (tertiary/aromatic N) is 2. The fourth-order valence-electron chi connectivity index (χ4n) is 1.09. The van der Waals surface area contributed by atoms with E-state index in [4.69, 9.17) is 0 Å². The Bertz CT molecular complexity index is 301. The number of hydrogen-bond donors (Lipinski definition) is 1. The summed E-state index contributed by atoms with van der Waals surface area (Å²) in [5.74, 6) is -0.0125. The van der Waals surface area contributed by atoms with E-state index in [1.165, 1.54) is 6.33 Å². The molecule has 78 valence electrons. The van der Waals surface area contributed by atoms with Crippen molar-refractivity contribution in [2.75, 3.05) is 5.32 Å². The molecule has 1 N–H and O–H groups in total. The minimum Gasteiger partial charge on any atom is -0.365 e. The van der Waals surface area contributed by atoms with Gasteiger partial charge in [-0.25, -0.2) is 14.4 Å². The van der Waals surface area contributed by atoms with Gasteiger partial charge in [0.1, 0.15) is 6.33 Å². The molecule has 0 aliphatic heterocycles. The lowest BCUT2D eigenvalue weighted by atomic mass is 10.2. The third-order valence-corrected chi connectivity index (χ3v) is 2.19. The van der Waals surface area contributed by atoms with Gasteiger partial charge in [0.05, 0.1) is 5.69 Å². The van der Waals surface area contributed by atoms with Crippen molar-refractivity contribution in [3.63, 3.8) is 0 Å². The number of halogens is 1. The third-order valence-electron chi connectivity index (χ3n) is 2.19. The molecular weight excluding hydrogens is 181 g/mol. The van der Waals surface area contributed by atoms with Crippen LogP contribution in [0.2, 0.25) is 0 Å². The molecule has 0 bridgehead atoms. The first-order valence-corrected chi connectivity index (χ1v) is 4.94. The first-order valence-electron chi connectivity index (χ1n) is 4.94. The molecule has 0 aromatic carbocycles. The Morgan fingerprint density at radius 2 is 2.14 bits per heavy atom. The molecule has 1 unspecified atom stereocenters. The summed E-state index contributed by atoms with van der Waals surface area (Å²) in [5, 5.41) is 3.01. The zero-order valence-corrected chi connectivity index (χ0v) is 8.84. The molecule has 0 radical (unpaired) electrons. The maximum absolute atomic E-state index is 13.6. The molecule has 0 saturated carbocycles. The Hall–Kier alpha value is -1.19. The molecule has 1 heterocycles. The highest BCUT2D eigenvalue weighted by molar-refractivity contribution is 5.38. The van der Waals surface area contributed by atoms with Crippen molar-refractivity contribution in [2.45, 2.75) is 39.7 Å². The lowest BCUT2D eigenvalue weighted by Gasteiger charge is -2.13. The molecule has 14 heavy (non-hydrogen) atoms. The van der Waals surface area contributed by atoms with Crippen LogP contribution in [0.5, 0.6) is 0 Å². The zero-order valence-electron chi connectivity index (χ0n) is 8.84. The standard InChI is InChI=1S/C10H16FN3/c1-4-7(3)14-10-9(11)8(5-2)12-6-13-10/h6-7H,4-5H2,1-3H3,(H,12,13,14). The van der Waals surface area contributed by atoms with E-state index >= 15 is 0 Å². The van der Waals surface area contributed by atoms with Crippen molar-refractivity contribution in [1.82, 2.24) is 9.97 Å². The van der Waals surface area contributed by atoms with Crippen LogP contribution in [0.4, 0.5) is 10.2 Å². The Balaban J connectivity index is 2.86. The highest BCUT2D eigenvalue weighted by Gasteiger charge is 2.10. The fraction of sp³-hybridized carbons (Fsp3) is 0.600. The van der Waals surface area contributed by atoms with Crippen LogP contribution in [0.25, 0.3) is 0 Å². The smallest absolute Gasteiger partial charge is 0.186 e. The van der Waals surface area contributed by atoms with Crippen LogP contribution in [0.15, 0.2) is 6.33 Å². The molecule has 1 aromatic rings. The van der Waals surface area contributed by atoms with Crippen molar-refractivity contribution >= 4 is 5.82 Å². The Kier molecular flexibility index (Phi) is 3.80. The topological polar surface area (TPSA) is 37.8 Å². The maximum atomic E-state index is 13.6. The van der Waals surface area contributed by atoms with E-state index in [-0.39, 0.29) is 11.9 Å². The molecule has 0 aliphatic carbocycles. The summed E-state index contributed by atoms with van der Waals surface area (Å²) >= 11 is 0. The molecule has 0 fully saturated rings. The maximum Gasteiger partial charge on any atom is 0.186 e. The minimum absolute atomic E-state index is 0.226. The highest BCUT2D eigenvalue weighted by atomic mass is 19.1. The zero-order chi connectivity index (χ0) is 10.6. The van der Waals surface area contributed by atoms with Crippen molar-refractivity contribution in [1.29, 1.82) is 0 Å². The second-order valence-electron chi connectivity index (χ2n) is 3.29. The van der Waals surface area contributed by atoms with E-state index in [9.17, 15) is 4.39 Å². The molecule has 0 amide bonds. The van der Waals surface area contributed by atoms with E-state index in [0.717, 1.165) is 6.42 Å². The lowest BCUT2D eigenvalue weighted by Crippen LogP contribution is -2.16. The molecule has 1 atom stereocenters. The second kappa shape index (κ2) is 4.88. The predicted octanol–water partition coefficient (Wildman–Crippen LogP) is 2.39. The molecular formula is C10H16FN3. The summed E-state index contributed by atoms with van der Waals surface area (Å²) in [7, 11) is 0. The number of rotatable bonds is 4. The van der Waals surface area contributed by atoms with E-state index in [1.807, 2.05) is 20.8 Å². The predicted molar refractivity (Wildman–Crippen MR) is 54.7 cm³/mol. The number of aryl methyl sites for hydroxylation is 1. The van der Waals surface area contributed by atoms with Gasteiger partial charge in [0.25, 0.3) is 0 Å². The minimum atomic E-state index is -0.324.